The molecule has 0 aliphatic rings. The third-order valence-corrected chi connectivity index (χ3v) is 3.27. The molecule has 0 radical (unpaired) electrons. The molecule has 0 saturated heterocycles. The van der Waals surface area contributed by atoms with E-state index in [4.69, 9.17) is 0 Å². The van der Waals surface area contributed by atoms with E-state index in [0.29, 0.717) is 6.42 Å². The Kier molecular flexibility index (Phi) is 6.35. The first kappa shape index (κ1) is 16.8. The second kappa shape index (κ2) is 7.54. The van der Waals surface area contributed by atoms with E-state index >= 15 is 0 Å². The molecule has 1 unspecified atom stereocenters. The number of rotatable bonds is 6. The number of hydrogen-bond acceptors (Lipinski definition) is 3. The van der Waals surface area contributed by atoms with Crippen molar-refractivity contribution in [2.45, 2.75) is 18.7 Å². The molecule has 0 spiro atoms. The Morgan fingerprint density at radius 1 is 1.35 bits per heavy atom. The van der Waals surface area contributed by atoms with E-state index in [9.17, 15) is 23.1 Å². The van der Waals surface area contributed by atoms with Gasteiger partial charge in [-0.15, -0.1) is 0 Å². The van der Waals surface area contributed by atoms with E-state index in [1.54, 1.807) is 11.8 Å². The summed E-state index contributed by atoms with van der Waals surface area (Å²) in [5.74, 6) is 0.277. The number of halogens is 3. The number of aliphatic hydroxyl groups is 1. The van der Waals surface area contributed by atoms with E-state index in [2.05, 4.69) is 5.32 Å². The van der Waals surface area contributed by atoms with Crippen LogP contribution in [0.3, 0.4) is 0 Å². The predicted molar refractivity (Wildman–Crippen MR) is 72.8 cm³/mol. The fraction of sp³-hybridized carbons (Fsp3) is 0.462. The fourth-order valence-corrected chi connectivity index (χ4v) is 1.99. The number of aliphatic hydroxyl groups excluding tert-OH is 1. The summed E-state index contributed by atoms with van der Waals surface area (Å²) in [7, 11) is 0. The average molecular weight is 307 g/mol. The summed E-state index contributed by atoms with van der Waals surface area (Å²) in [5.41, 5.74) is -0.663. The number of hydrogen-bond donors (Lipinski definition) is 2. The van der Waals surface area contributed by atoms with Crippen LogP contribution in [0.4, 0.5) is 13.2 Å². The van der Waals surface area contributed by atoms with Gasteiger partial charge in [0.1, 0.15) is 0 Å². The molecule has 1 atom stereocenters. The molecule has 112 valence electrons. The molecule has 1 rings (SSSR count). The Labute approximate surface area is 119 Å². The zero-order chi connectivity index (χ0) is 15.2. The van der Waals surface area contributed by atoms with Gasteiger partial charge in [0.25, 0.3) is 5.91 Å². The molecule has 3 nitrogen and oxygen atoms in total. The van der Waals surface area contributed by atoms with Gasteiger partial charge in [0.15, 0.2) is 0 Å². The van der Waals surface area contributed by atoms with E-state index in [0.717, 1.165) is 30.0 Å². The molecular formula is C13H16F3NO2S. The van der Waals surface area contributed by atoms with Crippen LogP contribution in [-0.4, -0.2) is 35.7 Å². The lowest BCUT2D eigenvalue weighted by atomic mass is 10.1. The Hall–Kier alpha value is -1.21. The number of carbonyl (C=O) groups is 1. The zero-order valence-corrected chi connectivity index (χ0v) is 11.7. The smallest absolute Gasteiger partial charge is 0.391 e. The highest BCUT2D eigenvalue weighted by Gasteiger charge is 2.30. The summed E-state index contributed by atoms with van der Waals surface area (Å²) in [4.78, 5) is 11.7. The largest absolute Gasteiger partial charge is 0.416 e. The Morgan fingerprint density at radius 2 is 1.95 bits per heavy atom. The molecule has 0 aliphatic heterocycles. The minimum atomic E-state index is -4.41. The number of alkyl halides is 3. The van der Waals surface area contributed by atoms with Crippen molar-refractivity contribution in [3.63, 3.8) is 0 Å². The van der Waals surface area contributed by atoms with Gasteiger partial charge in [-0.3, -0.25) is 4.79 Å². The quantitative estimate of drug-likeness (QED) is 0.849. The van der Waals surface area contributed by atoms with Crippen LogP contribution in [0, 0.1) is 0 Å². The summed E-state index contributed by atoms with van der Waals surface area (Å²) >= 11 is 1.59. The minimum Gasteiger partial charge on any atom is -0.391 e. The van der Waals surface area contributed by atoms with Crippen molar-refractivity contribution < 1.29 is 23.1 Å². The molecule has 0 saturated carbocycles. The maximum Gasteiger partial charge on any atom is 0.416 e. The standard InChI is InChI=1S/C13H16F3NO2S/c1-20-7-6-11(18)8-17-12(19)9-2-4-10(5-3-9)13(14,15)16/h2-5,11,18H,6-8H2,1H3,(H,17,19). The second-order valence-corrected chi connectivity index (χ2v) is 5.21. The van der Waals surface area contributed by atoms with Crippen LogP contribution in [0.5, 0.6) is 0 Å². The highest BCUT2D eigenvalue weighted by molar-refractivity contribution is 7.98. The van der Waals surface area contributed by atoms with Gasteiger partial charge in [0, 0.05) is 12.1 Å². The lowest BCUT2D eigenvalue weighted by molar-refractivity contribution is -0.137. The second-order valence-electron chi connectivity index (χ2n) is 4.22. The van der Waals surface area contributed by atoms with Gasteiger partial charge in [-0.25, -0.2) is 0 Å². The Morgan fingerprint density at radius 3 is 2.45 bits per heavy atom. The number of thioether (sulfide) groups is 1. The van der Waals surface area contributed by atoms with Crippen LogP contribution in [0.25, 0.3) is 0 Å². The van der Waals surface area contributed by atoms with E-state index < -0.39 is 23.8 Å². The molecule has 0 heterocycles. The number of amides is 1. The van der Waals surface area contributed by atoms with Gasteiger partial charge in [-0.1, -0.05) is 0 Å². The minimum absolute atomic E-state index is 0.0837. The molecule has 0 aromatic heterocycles. The van der Waals surface area contributed by atoms with Gasteiger partial charge < -0.3 is 10.4 Å². The van der Waals surface area contributed by atoms with Crippen LogP contribution < -0.4 is 5.32 Å². The molecular weight excluding hydrogens is 291 g/mol. The van der Waals surface area contributed by atoms with E-state index in [-0.39, 0.29) is 12.1 Å². The Bertz CT molecular complexity index is 434. The topological polar surface area (TPSA) is 49.3 Å². The summed E-state index contributed by atoms with van der Waals surface area (Å²) in [6.07, 6.45) is -2.61. The van der Waals surface area contributed by atoms with Gasteiger partial charge in [-0.2, -0.15) is 24.9 Å². The lowest BCUT2D eigenvalue weighted by Crippen LogP contribution is -2.32. The predicted octanol–water partition coefficient (Wildman–Crippen LogP) is 2.55. The van der Waals surface area contributed by atoms with Crippen molar-refractivity contribution >= 4 is 17.7 Å². The first-order chi connectivity index (χ1) is 9.34. The van der Waals surface area contributed by atoms with Crippen LogP contribution in [0.1, 0.15) is 22.3 Å². The molecule has 7 heteroatoms. The lowest BCUT2D eigenvalue weighted by Gasteiger charge is -2.11. The van der Waals surface area contributed by atoms with Gasteiger partial charge in [0.2, 0.25) is 0 Å². The normalized spacial score (nSPS) is 13.1. The van der Waals surface area contributed by atoms with Crippen LogP contribution in [0.15, 0.2) is 24.3 Å². The van der Waals surface area contributed by atoms with Crippen LogP contribution in [0.2, 0.25) is 0 Å². The maximum absolute atomic E-state index is 12.4. The third-order valence-electron chi connectivity index (χ3n) is 2.63. The Balaban J connectivity index is 2.52. The van der Waals surface area contributed by atoms with Gasteiger partial charge in [0.05, 0.1) is 11.7 Å². The van der Waals surface area contributed by atoms with E-state index in [1.165, 1.54) is 0 Å². The monoisotopic (exact) mass is 307 g/mol. The maximum atomic E-state index is 12.4. The van der Waals surface area contributed by atoms with Crippen molar-refractivity contribution in [2.75, 3.05) is 18.6 Å². The van der Waals surface area contributed by atoms with Gasteiger partial charge in [-0.05, 0) is 42.7 Å². The number of carbonyl (C=O) groups excluding carboxylic acids is 1. The van der Waals surface area contributed by atoms with Gasteiger partial charge >= 0.3 is 6.18 Å². The molecule has 2 N–H and O–H groups in total. The molecule has 1 aromatic carbocycles. The van der Waals surface area contributed by atoms with Crippen molar-refractivity contribution in [3.8, 4) is 0 Å². The summed E-state index contributed by atoms with van der Waals surface area (Å²) in [6.45, 7) is 0.0837. The average Bonchev–Trinajstić information content (AvgIpc) is 2.41. The van der Waals surface area contributed by atoms with Crippen molar-refractivity contribution in [1.29, 1.82) is 0 Å². The van der Waals surface area contributed by atoms with Crippen LogP contribution >= 0.6 is 11.8 Å². The van der Waals surface area contributed by atoms with Crippen LogP contribution in [-0.2, 0) is 6.18 Å². The zero-order valence-electron chi connectivity index (χ0n) is 10.9. The van der Waals surface area contributed by atoms with E-state index in [1.807, 2.05) is 6.26 Å². The first-order valence-electron chi connectivity index (χ1n) is 5.97. The number of benzene rings is 1. The fourth-order valence-electron chi connectivity index (χ4n) is 1.48. The van der Waals surface area contributed by atoms with Crippen molar-refractivity contribution in [1.82, 2.24) is 5.32 Å². The SMILES string of the molecule is CSCCC(O)CNC(=O)c1ccc(C(F)(F)F)cc1. The van der Waals surface area contributed by atoms with Crippen molar-refractivity contribution in [3.05, 3.63) is 35.4 Å². The molecule has 20 heavy (non-hydrogen) atoms. The molecule has 0 fully saturated rings. The molecule has 0 bridgehead atoms. The summed E-state index contributed by atoms with van der Waals surface area (Å²) in [5, 5.41) is 12.0. The first-order valence-corrected chi connectivity index (χ1v) is 7.36. The molecule has 1 aromatic rings. The van der Waals surface area contributed by atoms with Crippen molar-refractivity contribution in [2.24, 2.45) is 0 Å². The highest BCUT2D eigenvalue weighted by Crippen LogP contribution is 2.29. The highest BCUT2D eigenvalue weighted by atomic mass is 32.2. The number of nitrogens with one attached hydrogen (secondary N) is 1. The summed E-state index contributed by atoms with van der Waals surface area (Å²) in [6, 6.07) is 3.96. The molecule has 0 aliphatic carbocycles. The summed E-state index contributed by atoms with van der Waals surface area (Å²) < 4.78 is 37.1. The third kappa shape index (κ3) is 5.42. The molecule has 1 amide bonds.